The predicted molar refractivity (Wildman–Crippen MR) is 43.7 cm³/mol. The third kappa shape index (κ3) is 0.826. The first-order valence-corrected chi connectivity index (χ1v) is 3.79. The van der Waals surface area contributed by atoms with E-state index in [1.54, 1.807) is 0 Å². The Balaban J connectivity index is 2.67. The monoisotopic (exact) mass is 166 g/mol. The smallest absolute Gasteiger partial charge is 0.231 e. The van der Waals surface area contributed by atoms with Crippen molar-refractivity contribution in [1.82, 2.24) is 0 Å². The maximum atomic E-state index is 9.59. The average molecular weight is 166 g/mol. The summed E-state index contributed by atoms with van der Waals surface area (Å²) in [5.41, 5.74) is 1.86. The number of benzene rings is 1. The fraction of sp³-hybridized carbons (Fsp3) is 0.333. The van der Waals surface area contributed by atoms with Gasteiger partial charge in [0.1, 0.15) is 0 Å². The van der Waals surface area contributed by atoms with Crippen LogP contribution in [-0.2, 0) is 0 Å². The van der Waals surface area contributed by atoms with Crippen molar-refractivity contribution in [3.63, 3.8) is 0 Å². The summed E-state index contributed by atoms with van der Waals surface area (Å²) < 4.78 is 10.2. The molecule has 0 aromatic heterocycles. The zero-order chi connectivity index (χ0) is 8.72. The maximum absolute atomic E-state index is 9.59. The molecule has 0 radical (unpaired) electrons. The molecule has 1 aliphatic heterocycles. The maximum Gasteiger partial charge on any atom is 0.231 e. The summed E-state index contributed by atoms with van der Waals surface area (Å²) in [5, 5.41) is 9.59. The SMILES string of the molecule is Cc1cc2c(c(O)c1C)OCO2. The van der Waals surface area contributed by atoms with E-state index in [0.717, 1.165) is 11.1 Å². The molecule has 0 aliphatic carbocycles. The quantitative estimate of drug-likeness (QED) is 0.638. The van der Waals surface area contributed by atoms with E-state index < -0.39 is 0 Å². The van der Waals surface area contributed by atoms with Gasteiger partial charge in [-0.2, -0.15) is 0 Å². The Kier molecular flexibility index (Phi) is 1.40. The van der Waals surface area contributed by atoms with Crippen molar-refractivity contribution in [3.8, 4) is 17.2 Å². The zero-order valence-electron chi connectivity index (χ0n) is 7.05. The number of rotatable bonds is 0. The zero-order valence-corrected chi connectivity index (χ0v) is 7.05. The Labute approximate surface area is 70.5 Å². The molecule has 0 atom stereocenters. The lowest BCUT2D eigenvalue weighted by molar-refractivity contribution is 0.171. The fourth-order valence-corrected chi connectivity index (χ4v) is 1.24. The van der Waals surface area contributed by atoms with Crippen molar-refractivity contribution in [3.05, 3.63) is 17.2 Å². The highest BCUT2D eigenvalue weighted by Crippen LogP contribution is 2.43. The molecule has 3 heteroatoms. The molecule has 0 amide bonds. The molecule has 2 rings (SSSR count). The Morgan fingerprint density at radius 1 is 1.33 bits per heavy atom. The van der Waals surface area contributed by atoms with Crippen LogP contribution in [0.3, 0.4) is 0 Å². The van der Waals surface area contributed by atoms with E-state index in [1.807, 2.05) is 19.9 Å². The first kappa shape index (κ1) is 7.28. The molecule has 0 bridgehead atoms. The van der Waals surface area contributed by atoms with E-state index >= 15 is 0 Å². The Bertz CT molecular complexity index is 331. The van der Waals surface area contributed by atoms with Gasteiger partial charge < -0.3 is 14.6 Å². The Morgan fingerprint density at radius 3 is 2.83 bits per heavy atom. The summed E-state index contributed by atoms with van der Waals surface area (Å²) >= 11 is 0. The Morgan fingerprint density at radius 2 is 2.08 bits per heavy atom. The highest BCUT2D eigenvalue weighted by Gasteiger charge is 2.20. The minimum Gasteiger partial charge on any atom is -0.504 e. The minimum atomic E-state index is 0.197. The second-order valence-corrected chi connectivity index (χ2v) is 2.90. The van der Waals surface area contributed by atoms with Gasteiger partial charge in [0, 0.05) is 0 Å². The highest BCUT2D eigenvalue weighted by atomic mass is 16.7. The first-order valence-electron chi connectivity index (χ1n) is 3.79. The topological polar surface area (TPSA) is 38.7 Å². The molecule has 1 aliphatic rings. The largest absolute Gasteiger partial charge is 0.504 e. The second-order valence-electron chi connectivity index (χ2n) is 2.90. The molecule has 0 fully saturated rings. The van der Waals surface area contributed by atoms with Crippen molar-refractivity contribution in [2.75, 3.05) is 6.79 Å². The predicted octanol–water partition coefficient (Wildman–Crippen LogP) is 1.74. The van der Waals surface area contributed by atoms with Gasteiger partial charge in [-0.1, -0.05) is 0 Å². The summed E-state index contributed by atoms with van der Waals surface area (Å²) in [5.74, 6) is 1.30. The van der Waals surface area contributed by atoms with E-state index in [0.29, 0.717) is 11.5 Å². The van der Waals surface area contributed by atoms with E-state index in [4.69, 9.17) is 9.47 Å². The molecule has 1 aromatic carbocycles. The summed E-state index contributed by atoms with van der Waals surface area (Å²) in [6.45, 7) is 3.98. The summed E-state index contributed by atoms with van der Waals surface area (Å²) in [6, 6.07) is 1.87. The highest BCUT2D eigenvalue weighted by molar-refractivity contribution is 5.58. The molecule has 0 saturated heterocycles. The Hall–Kier alpha value is -1.38. The second kappa shape index (κ2) is 2.30. The molecule has 3 nitrogen and oxygen atoms in total. The molecule has 1 N–H and O–H groups in total. The van der Waals surface area contributed by atoms with Gasteiger partial charge in [0.25, 0.3) is 0 Å². The number of hydrogen-bond acceptors (Lipinski definition) is 3. The third-order valence-electron chi connectivity index (χ3n) is 2.15. The summed E-state index contributed by atoms with van der Waals surface area (Å²) in [7, 11) is 0. The molecule has 12 heavy (non-hydrogen) atoms. The lowest BCUT2D eigenvalue weighted by atomic mass is 10.1. The van der Waals surface area contributed by atoms with Crippen LogP contribution >= 0.6 is 0 Å². The summed E-state index contributed by atoms with van der Waals surface area (Å²) in [6.07, 6.45) is 0. The van der Waals surface area contributed by atoms with Crippen LogP contribution in [-0.4, -0.2) is 11.9 Å². The van der Waals surface area contributed by atoms with Crippen LogP contribution in [0.1, 0.15) is 11.1 Å². The molecular formula is C9H10O3. The molecular weight excluding hydrogens is 156 g/mol. The number of phenols is 1. The van der Waals surface area contributed by atoms with E-state index in [-0.39, 0.29) is 12.5 Å². The molecule has 0 saturated carbocycles. The van der Waals surface area contributed by atoms with Crippen molar-refractivity contribution in [1.29, 1.82) is 0 Å². The fourth-order valence-electron chi connectivity index (χ4n) is 1.24. The number of hydrogen-bond donors (Lipinski definition) is 1. The van der Waals surface area contributed by atoms with Gasteiger partial charge in [-0.3, -0.25) is 0 Å². The van der Waals surface area contributed by atoms with Crippen molar-refractivity contribution < 1.29 is 14.6 Å². The molecule has 1 aromatic rings. The number of phenolic OH excluding ortho intramolecular Hbond substituents is 1. The van der Waals surface area contributed by atoms with Crippen LogP contribution in [0.4, 0.5) is 0 Å². The van der Waals surface area contributed by atoms with Gasteiger partial charge in [0.2, 0.25) is 12.5 Å². The van der Waals surface area contributed by atoms with Crippen LogP contribution in [0.2, 0.25) is 0 Å². The number of aromatic hydroxyl groups is 1. The van der Waals surface area contributed by atoms with Gasteiger partial charge >= 0.3 is 0 Å². The number of ether oxygens (including phenoxy) is 2. The van der Waals surface area contributed by atoms with Gasteiger partial charge in [0.05, 0.1) is 0 Å². The average Bonchev–Trinajstić information content (AvgIpc) is 2.48. The third-order valence-corrected chi connectivity index (χ3v) is 2.15. The number of aryl methyl sites for hydroxylation is 1. The van der Waals surface area contributed by atoms with Gasteiger partial charge in [-0.15, -0.1) is 0 Å². The molecule has 64 valence electrons. The number of fused-ring (bicyclic) bond motifs is 1. The van der Waals surface area contributed by atoms with E-state index in [2.05, 4.69) is 0 Å². The van der Waals surface area contributed by atoms with Gasteiger partial charge in [-0.25, -0.2) is 0 Å². The molecule has 0 spiro atoms. The minimum absolute atomic E-state index is 0.197. The van der Waals surface area contributed by atoms with Crippen LogP contribution in [0.5, 0.6) is 17.2 Å². The van der Waals surface area contributed by atoms with E-state index in [9.17, 15) is 5.11 Å². The van der Waals surface area contributed by atoms with Crippen molar-refractivity contribution in [2.45, 2.75) is 13.8 Å². The van der Waals surface area contributed by atoms with Gasteiger partial charge in [-0.05, 0) is 31.0 Å². The standard InChI is InChI=1S/C9H10O3/c1-5-3-7-9(12-4-11-7)8(10)6(5)2/h3,10H,4H2,1-2H3. The van der Waals surface area contributed by atoms with Crippen molar-refractivity contribution >= 4 is 0 Å². The van der Waals surface area contributed by atoms with Crippen LogP contribution in [0.25, 0.3) is 0 Å². The van der Waals surface area contributed by atoms with Crippen LogP contribution < -0.4 is 9.47 Å². The summed E-state index contributed by atoms with van der Waals surface area (Å²) in [4.78, 5) is 0. The first-order chi connectivity index (χ1) is 5.70. The van der Waals surface area contributed by atoms with Crippen molar-refractivity contribution in [2.24, 2.45) is 0 Å². The normalized spacial score (nSPS) is 13.5. The lowest BCUT2D eigenvalue weighted by Gasteiger charge is -2.05. The van der Waals surface area contributed by atoms with E-state index in [1.165, 1.54) is 0 Å². The molecule has 0 unspecified atom stereocenters. The van der Waals surface area contributed by atoms with Gasteiger partial charge in [0.15, 0.2) is 11.5 Å². The van der Waals surface area contributed by atoms with Crippen LogP contribution in [0.15, 0.2) is 6.07 Å². The lowest BCUT2D eigenvalue weighted by Crippen LogP contribution is -1.93. The van der Waals surface area contributed by atoms with Crippen LogP contribution in [0, 0.1) is 13.8 Å². The molecule has 1 heterocycles.